The van der Waals surface area contributed by atoms with Crippen LogP contribution in [0.2, 0.25) is 5.02 Å². The van der Waals surface area contributed by atoms with Gasteiger partial charge in [0.15, 0.2) is 0 Å². The zero-order valence-corrected chi connectivity index (χ0v) is 16.5. The highest BCUT2D eigenvalue weighted by atomic mass is 35.5. The number of halogens is 1. The van der Waals surface area contributed by atoms with Gasteiger partial charge in [-0.05, 0) is 31.0 Å². The second kappa shape index (κ2) is 7.59. The van der Waals surface area contributed by atoms with Crippen LogP contribution in [0.3, 0.4) is 0 Å². The number of rotatable bonds is 5. The Morgan fingerprint density at radius 2 is 2.04 bits per heavy atom. The number of aromatic nitrogens is 4. The van der Waals surface area contributed by atoms with Gasteiger partial charge in [0.25, 0.3) is 0 Å². The summed E-state index contributed by atoms with van der Waals surface area (Å²) in [6.07, 6.45) is 3.90. The highest BCUT2D eigenvalue weighted by Gasteiger charge is 2.32. The van der Waals surface area contributed by atoms with Crippen LogP contribution in [-0.2, 0) is 11.3 Å². The molecule has 4 rings (SSSR count). The van der Waals surface area contributed by atoms with Gasteiger partial charge >= 0.3 is 0 Å². The van der Waals surface area contributed by atoms with E-state index in [0.717, 1.165) is 34.7 Å². The Bertz CT molecular complexity index is 1010. The number of nitrogens with zero attached hydrogens (tertiary/aromatic N) is 4. The number of amides is 1. The summed E-state index contributed by atoms with van der Waals surface area (Å²) in [5.74, 6) is 1.13. The van der Waals surface area contributed by atoms with E-state index in [4.69, 9.17) is 11.6 Å². The molecule has 8 heteroatoms. The summed E-state index contributed by atoms with van der Waals surface area (Å²) in [6.45, 7) is 5.19. The van der Waals surface area contributed by atoms with Crippen LogP contribution in [0.15, 0.2) is 36.7 Å². The summed E-state index contributed by atoms with van der Waals surface area (Å²) in [5, 5.41) is 11.4. The topological polar surface area (TPSA) is 84.7 Å². The molecule has 7 nitrogen and oxygen atoms in total. The minimum absolute atomic E-state index is 0.0476. The van der Waals surface area contributed by atoms with E-state index in [1.807, 2.05) is 42.8 Å². The van der Waals surface area contributed by atoms with Gasteiger partial charge in [-0.3, -0.25) is 4.79 Å². The molecule has 3 heterocycles. The van der Waals surface area contributed by atoms with Crippen LogP contribution in [0, 0.1) is 6.92 Å². The molecule has 2 aromatic heterocycles. The maximum atomic E-state index is 12.4. The third-order valence-electron chi connectivity index (χ3n) is 4.86. The second-order valence-electron chi connectivity index (χ2n) is 6.77. The van der Waals surface area contributed by atoms with E-state index < -0.39 is 0 Å². The van der Waals surface area contributed by atoms with Crippen LogP contribution >= 0.6 is 11.6 Å². The maximum absolute atomic E-state index is 12.4. The number of carbonyl (C=O) groups is 1. The Morgan fingerprint density at radius 3 is 2.75 bits per heavy atom. The molecule has 28 heavy (non-hydrogen) atoms. The predicted octanol–water partition coefficient (Wildman–Crippen LogP) is 3.59. The third-order valence-corrected chi connectivity index (χ3v) is 5.23. The molecule has 1 amide bonds. The molecule has 1 aromatic carbocycles. The Labute approximate surface area is 168 Å². The fourth-order valence-corrected chi connectivity index (χ4v) is 3.76. The van der Waals surface area contributed by atoms with Crippen molar-refractivity contribution in [3.05, 3.63) is 64.1 Å². The van der Waals surface area contributed by atoms with Crippen LogP contribution in [0.1, 0.15) is 41.6 Å². The van der Waals surface area contributed by atoms with Gasteiger partial charge in [-0.15, -0.1) is 0 Å². The van der Waals surface area contributed by atoms with Crippen molar-refractivity contribution in [2.24, 2.45) is 0 Å². The normalized spacial score (nSPS) is 15.8. The number of anilines is 2. The van der Waals surface area contributed by atoms with E-state index in [2.05, 4.69) is 25.7 Å². The van der Waals surface area contributed by atoms with Gasteiger partial charge in [0.05, 0.1) is 12.2 Å². The molecule has 1 aliphatic rings. The molecule has 1 aliphatic heterocycles. The first kappa shape index (κ1) is 18.4. The molecule has 0 fully saturated rings. The molecular weight excluding hydrogens is 376 g/mol. The first-order valence-electron chi connectivity index (χ1n) is 9.23. The van der Waals surface area contributed by atoms with Gasteiger partial charge in [0.1, 0.15) is 5.82 Å². The predicted molar refractivity (Wildman–Crippen MR) is 109 cm³/mol. The molecule has 0 aliphatic carbocycles. The molecule has 2 N–H and O–H groups in total. The number of carbonyl (C=O) groups excluding carboxylic acids is 1. The van der Waals surface area contributed by atoms with E-state index >= 15 is 0 Å². The van der Waals surface area contributed by atoms with Gasteiger partial charge in [-0.2, -0.15) is 5.10 Å². The Morgan fingerprint density at radius 1 is 1.29 bits per heavy atom. The van der Waals surface area contributed by atoms with Crippen molar-refractivity contribution in [1.82, 2.24) is 19.7 Å². The molecule has 144 valence electrons. The Hall–Kier alpha value is -2.93. The number of hydrogen-bond acceptors (Lipinski definition) is 5. The van der Waals surface area contributed by atoms with E-state index in [1.165, 1.54) is 0 Å². The van der Waals surface area contributed by atoms with Gasteiger partial charge in [-0.1, -0.05) is 29.8 Å². The smallest absolute Gasteiger partial charge is 0.226 e. The van der Waals surface area contributed by atoms with Crippen LogP contribution in [0.25, 0.3) is 0 Å². The van der Waals surface area contributed by atoms with Gasteiger partial charge in [-0.25, -0.2) is 14.6 Å². The molecule has 0 bridgehead atoms. The lowest BCUT2D eigenvalue weighted by atomic mass is 9.87. The largest absolute Gasteiger partial charge is 0.355 e. The molecule has 3 aromatic rings. The van der Waals surface area contributed by atoms with Crippen molar-refractivity contribution in [2.75, 3.05) is 17.2 Å². The van der Waals surface area contributed by atoms with Crippen molar-refractivity contribution in [3.63, 3.8) is 0 Å². The third kappa shape index (κ3) is 3.45. The molecular formula is C20H21ClN6O. The van der Waals surface area contributed by atoms with Crippen LogP contribution < -0.4 is 10.6 Å². The number of fused-ring (bicyclic) bond motifs is 1. The first-order valence-corrected chi connectivity index (χ1v) is 9.61. The molecule has 1 unspecified atom stereocenters. The summed E-state index contributed by atoms with van der Waals surface area (Å²) in [6, 6.07) is 7.64. The van der Waals surface area contributed by atoms with E-state index in [1.54, 1.807) is 12.4 Å². The summed E-state index contributed by atoms with van der Waals surface area (Å²) >= 11 is 6.31. The van der Waals surface area contributed by atoms with Crippen molar-refractivity contribution in [1.29, 1.82) is 0 Å². The standard InChI is InChI=1S/C20H21ClN6O/c1-3-22-20-23-9-14(10-24-20)15-8-17(28)25-19-18(15)12(2)26-27(19)11-13-6-4-5-7-16(13)21/h4-7,9-10,15H,3,8,11H2,1-2H3,(H,25,28)(H,22,23,24). The lowest BCUT2D eigenvalue weighted by Gasteiger charge is -2.24. The van der Waals surface area contributed by atoms with Crippen LogP contribution in [0.4, 0.5) is 11.8 Å². The summed E-state index contributed by atoms with van der Waals surface area (Å²) in [5.41, 5.74) is 3.73. The molecule has 0 spiro atoms. The summed E-state index contributed by atoms with van der Waals surface area (Å²) in [7, 11) is 0. The van der Waals surface area contributed by atoms with Crippen molar-refractivity contribution in [2.45, 2.75) is 32.7 Å². The molecule has 0 radical (unpaired) electrons. The molecule has 1 atom stereocenters. The monoisotopic (exact) mass is 396 g/mol. The fraction of sp³-hybridized carbons (Fsp3) is 0.300. The lowest BCUT2D eigenvalue weighted by Crippen LogP contribution is -2.25. The second-order valence-corrected chi connectivity index (χ2v) is 7.18. The van der Waals surface area contributed by atoms with Crippen molar-refractivity contribution in [3.8, 4) is 0 Å². The summed E-state index contributed by atoms with van der Waals surface area (Å²) < 4.78 is 1.81. The maximum Gasteiger partial charge on any atom is 0.226 e. The van der Waals surface area contributed by atoms with E-state index in [-0.39, 0.29) is 11.8 Å². The minimum atomic E-state index is -0.126. The minimum Gasteiger partial charge on any atom is -0.355 e. The Balaban J connectivity index is 1.71. The zero-order valence-electron chi connectivity index (χ0n) is 15.7. The average molecular weight is 397 g/mol. The molecule has 0 saturated heterocycles. The highest BCUT2D eigenvalue weighted by molar-refractivity contribution is 6.31. The van der Waals surface area contributed by atoms with E-state index in [9.17, 15) is 4.79 Å². The van der Waals surface area contributed by atoms with E-state index in [0.29, 0.717) is 23.9 Å². The first-order chi connectivity index (χ1) is 13.6. The quantitative estimate of drug-likeness (QED) is 0.688. The number of hydrogen-bond donors (Lipinski definition) is 2. The SMILES string of the molecule is CCNc1ncc(C2CC(=O)Nc3c2c(C)nn3Cc2ccccc2Cl)cn1. The van der Waals surface area contributed by atoms with Gasteiger partial charge in [0.2, 0.25) is 11.9 Å². The van der Waals surface area contributed by atoms with Crippen molar-refractivity contribution < 1.29 is 4.79 Å². The van der Waals surface area contributed by atoms with Gasteiger partial charge in [0, 0.05) is 41.9 Å². The number of benzene rings is 1. The van der Waals surface area contributed by atoms with Crippen LogP contribution in [-0.4, -0.2) is 32.2 Å². The number of nitrogens with one attached hydrogen (secondary N) is 2. The van der Waals surface area contributed by atoms with Crippen molar-refractivity contribution >= 4 is 29.3 Å². The fourth-order valence-electron chi connectivity index (χ4n) is 3.57. The summed E-state index contributed by atoms with van der Waals surface area (Å²) in [4.78, 5) is 21.1. The van der Waals surface area contributed by atoms with Gasteiger partial charge < -0.3 is 10.6 Å². The average Bonchev–Trinajstić information content (AvgIpc) is 2.99. The molecule has 0 saturated carbocycles. The Kier molecular flexibility index (Phi) is 5.00. The zero-order chi connectivity index (χ0) is 19.7. The highest BCUT2D eigenvalue weighted by Crippen LogP contribution is 2.39. The number of aryl methyl sites for hydroxylation is 1. The lowest BCUT2D eigenvalue weighted by molar-refractivity contribution is -0.116. The van der Waals surface area contributed by atoms with Crippen LogP contribution in [0.5, 0.6) is 0 Å².